The Balaban J connectivity index is 3.29. The van der Waals surface area contributed by atoms with E-state index >= 15 is 0 Å². The quantitative estimate of drug-likeness (QED) is 0.645. The van der Waals surface area contributed by atoms with Crippen molar-refractivity contribution >= 4 is 50.5 Å². The second-order valence-electron chi connectivity index (χ2n) is 1.56. The molecule has 0 fully saturated rings. The van der Waals surface area contributed by atoms with E-state index in [4.69, 9.17) is 23.2 Å². The molecule has 4 heteroatoms. The van der Waals surface area contributed by atoms with Gasteiger partial charge in [-0.1, -0.05) is 23.2 Å². The number of hydrogen-bond donors (Lipinski definition) is 0. The molecule has 0 atom stereocenters. The minimum absolute atomic E-state index is 0.624. The van der Waals surface area contributed by atoms with E-state index < -0.39 is 0 Å². The van der Waals surface area contributed by atoms with E-state index in [2.05, 4.69) is 15.9 Å². The Labute approximate surface area is 75.9 Å². The van der Waals surface area contributed by atoms with Gasteiger partial charge in [-0.15, -0.1) is 11.3 Å². The summed E-state index contributed by atoms with van der Waals surface area (Å²) in [5.74, 6) is 0. The van der Waals surface area contributed by atoms with Gasteiger partial charge in [0, 0.05) is 4.88 Å². The van der Waals surface area contributed by atoms with Crippen molar-refractivity contribution in [3.8, 4) is 0 Å². The van der Waals surface area contributed by atoms with Gasteiger partial charge < -0.3 is 0 Å². The van der Waals surface area contributed by atoms with Crippen LogP contribution in [0.25, 0.3) is 0 Å². The highest BCUT2D eigenvalue weighted by molar-refractivity contribution is 9.11. The van der Waals surface area contributed by atoms with E-state index in [1.54, 1.807) is 11.3 Å². The Morgan fingerprint density at radius 2 is 1.89 bits per heavy atom. The van der Waals surface area contributed by atoms with Crippen molar-refractivity contribution in [3.05, 3.63) is 18.7 Å². The van der Waals surface area contributed by atoms with Crippen LogP contribution < -0.4 is 0 Å². The third-order valence-electron chi connectivity index (χ3n) is 0.917. The molecule has 0 radical (unpaired) electrons. The summed E-state index contributed by atoms with van der Waals surface area (Å²) in [6, 6.07) is 0. The molecule has 1 aromatic heterocycles. The third kappa shape index (κ3) is 1.43. The Bertz CT molecular complexity index is 209. The lowest BCUT2D eigenvalue weighted by molar-refractivity contribution is 1.64. The molecular formula is C5H3BrCl2S. The van der Waals surface area contributed by atoms with Crippen molar-refractivity contribution < 1.29 is 0 Å². The Hall–Kier alpha value is 0.760. The predicted octanol–water partition coefficient (Wildman–Crippen LogP) is 4.13. The fourth-order valence-electron chi connectivity index (χ4n) is 0.465. The summed E-state index contributed by atoms with van der Waals surface area (Å²) in [6.07, 6.45) is 0. The zero-order valence-electron chi connectivity index (χ0n) is 4.54. The molecule has 0 bridgehead atoms. The lowest BCUT2D eigenvalue weighted by Gasteiger charge is -1.82. The molecular weight excluding hydrogens is 243 g/mol. The van der Waals surface area contributed by atoms with Gasteiger partial charge in [0.25, 0.3) is 0 Å². The standard InChI is InChI=1S/C5H3BrCl2S/c1-2-3(7)4(8)5(6)9-2/h1H3. The molecule has 0 N–H and O–H groups in total. The molecule has 0 saturated heterocycles. The van der Waals surface area contributed by atoms with Crippen LogP contribution in [0.4, 0.5) is 0 Å². The van der Waals surface area contributed by atoms with Crippen LogP contribution in [-0.2, 0) is 0 Å². The fraction of sp³-hybridized carbons (Fsp3) is 0.200. The van der Waals surface area contributed by atoms with Gasteiger partial charge in [-0.2, -0.15) is 0 Å². The topological polar surface area (TPSA) is 0 Å². The Morgan fingerprint density at radius 1 is 1.33 bits per heavy atom. The maximum Gasteiger partial charge on any atom is 0.0903 e. The zero-order valence-corrected chi connectivity index (χ0v) is 8.46. The number of hydrogen-bond acceptors (Lipinski definition) is 1. The summed E-state index contributed by atoms with van der Waals surface area (Å²) >= 11 is 16.3. The molecule has 9 heavy (non-hydrogen) atoms. The van der Waals surface area contributed by atoms with Crippen LogP contribution >= 0.6 is 50.5 Å². The molecule has 50 valence electrons. The fourth-order valence-corrected chi connectivity index (χ4v) is 2.74. The summed E-state index contributed by atoms with van der Waals surface area (Å²) in [7, 11) is 0. The van der Waals surface area contributed by atoms with Crippen LogP contribution in [0.1, 0.15) is 4.88 Å². The summed E-state index contributed by atoms with van der Waals surface area (Å²) in [6.45, 7) is 1.93. The Kier molecular flexibility index (Phi) is 2.43. The molecule has 0 amide bonds. The molecule has 1 rings (SSSR count). The van der Waals surface area contributed by atoms with Crippen LogP contribution in [0.15, 0.2) is 3.79 Å². The lowest BCUT2D eigenvalue weighted by atomic mass is 10.5. The average Bonchev–Trinajstić information content (AvgIpc) is 1.98. The molecule has 0 nitrogen and oxygen atoms in total. The normalized spacial score (nSPS) is 10.2. The van der Waals surface area contributed by atoms with Crippen LogP contribution in [-0.4, -0.2) is 0 Å². The molecule has 0 aliphatic heterocycles. The van der Waals surface area contributed by atoms with Crippen LogP contribution in [0.2, 0.25) is 10.0 Å². The SMILES string of the molecule is Cc1sc(Br)c(Cl)c1Cl. The van der Waals surface area contributed by atoms with Gasteiger partial charge in [0.2, 0.25) is 0 Å². The number of thiophene rings is 1. The van der Waals surface area contributed by atoms with Crippen LogP contribution in [0.5, 0.6) is 0 Å². The lowest BCUT2D eigenvalue weighted by Crippen LogP contribution is -1.57. The number of halogens is 3. The van der Waals surface area contributed by atoms with E-state index in [0.29, 0.717) is 10.0 Å². The first kappa shape index (κ1) is 7.86. The summed E-state index contributed by atoms with van der Waals surface area (Å²) in [5, 5.41) is 1.28. The van der Waals surface area contributed by atoms with Gasteiger partial charge in [-0.3, -0.25) is 0 Å². The van der Waals surface area contributed by atoms with Gasteiger partial charge in [0.05, 0.1) is 13.8 Å². The van der Waals surface area contributed by atoms with Gasteiger partial charge in [-0.25, -0.2) is 0 Å². The van der Waals surface area contributed by atoms with E-state index in [0.717, 1.165) is 8.66 Å². The second kappa shape index (κ2) is 2.79. The average molecular weight is 246 g/mol. The second-order valence-corrected chi connectivity index (χ2v) is 4.86. The Morgan fingerprint density at radius 3 is 2.00 bits per heavy atom. The van der Waals surface area contributed by atoms with E-state index in [1.807, 2.05) is 6.92 Å². The maximum absolute atomic E-state index is 5.75. The molecule has 0 spiro atoms. The van der Waals surface area contributed by atoms with Gasteiger partial charge in [-0.05, 0) is 22.9 Å². The molecule has 0 aliphatic carbocycles. The zero-order chi connectivity index (χ0) is 7.02. The van der Waals surface area contributed by atoms with Crippen molar-refractivity contribution in [1.29, 1.82) is 0 Å². The minimum Gasteiger partial charge on any atom is -0.130 e. The van der Waals surface area contributed by atoms with Crippen molar-refractivity contribution in [2.75, 3.05) is 0 Å². The molecule has 1 heterocycles. The first-order chi connectivity index (χ1) is 4.13. The largest absolute Gasteiger partial charge is 0.130 e. The summed E-state index contributed by atoms with van der Waals surface area (Å²) < 4.78 is 0.909. The van der Waals surface area contributed by atoms with Crippen molar-refractivity contribution in [2.45, 2.75) is 6.92 Å². The first-order valence-electron chi connectivity index (χ1n) is 2.23. The molecule has 1 aromatic rings. The van der Waals surface area contributed by atoms with Crippen molar-refractivity contribution in [3.63, 3.8) is 0 Å². The van der Waals surface area contributed by atoms with E-state index in [9.17, 15) is 0 Å². The van der Waals surface area contributed by atoms with E-state index in [-0.39, 0.29) is 0 Å². The van der Waals surface area contributed by atoms with Gasteiger partial charge in [0.1, 0.15) is 0 Å². The predicted molar refractivity (Wildman–Crippen MR) is 46.8 cm³/mol. The maximum atomic E-state index is 5.75. The smallest absolute Gasteiger partial charge is 0.0903 e. The van der Waals surface area contributed by atoms with Crippen molar-refractivity contribution in [2.24, 2.45) is 0 Å². The van der Waals surface area contributed by atoms with Gasteiger partial charge >= 0.3 is 0 Å². The monoisotopic (exact) mass is 244 g/mol. The number of aryl methyl sites for hydroxylation is 1. The minimum atomic E-state index is 0.624. The highest BCUT2D eigenvalue weighted by atomic mass is 79.9. The first-order valence-corrected chi connectivity index (χ1v) is 4.59. The molecule has 0 unspecified atom stereocenters. The molecule has 0 aromatic carbocycles. The van der Waals surface area contributed by atoms with E-state index in [1.165, 1.54) is 0 Å². The van der Waals surface area contributed by atoms with Crippen LogP contribution in [0.3, 0.4) is 0 Å². The van der Waals surface area contributed by atoms with Gasteiger partial charge in [0.15, 0.2) is 0 Å². The van der Waals surface area contributed by atoms with Crippen LogP contribution in [0, 0.1) is 6.92 Å². The summed E-state index contributed by atoms with van der Waals surface area (Å²) in [5.41, 5.74) is 0. The van der Waals surface area contributed by atoms with Crippen molar-refractivity contribution in [1.82, 2.24) is 0 Å². The third-order valence-corrected chi connectivity index (χ3v) is 4.09. The highest BCUT2D eigenvalue weighted by Gasteiger charge is 2.08. The molecule has 0 saturated carbocycles. The number of rotatable bonds is 0. The highest BCUT2D eigenvalue weighted by Crippen LogP contribution is 2.39. The summed E-state index contributed by atoms with van der Waals surface area (Å²) in [4.78, 5) is 1.05. The molecule has 0 aliphatic rings.